The van der Waals surface area contributed by atoms with Gasteiger partial charge in [-0.05, 0) is 48.4 Å². The van der Waals surface area contributed by atoms with E-state index in [9.17, 15) is 17.6 Å². The Labute approximate surface area is 150 Å². The number of hydrogen-bond donors (Lipinski definition) is 1. The van der Waals surface area contributed by atoms with E-state index in [1.165, 1.54) is 41.3 Å². The normalized spacial score (nSPS) is 17.9. The summed E-state index contributed by atoms with van der Waals surface area (Å²) in [7, 11) is -3.69. The molecule has 0 aromatic heterocycles. The van der Waals surface area contributed by atoms with E-state index in [1.54, 1.807) is 12.1 Å². The molecule has 0 aliphatic carbocycles. The lowest BCUT2D eigenvalue weighted by Crippen LogP contribution is -2.31. The van der Waals surface area contributed by atoms with Crippen molar-refractivity contribution in [2.24, 2.45) is 5.92 Å². The summed E-state index contributed by atoms with van der Waals surface area (Å²) in [6.45, 7) is 0.515. The average Bonchev–Trinajstić information content (AvgIpc) is 2.95. The van der Waals surface area contributed by atoms with Gasteiger partial charge in [-0.3, -0.25) is 4.79 Å². The minimum atomic E-state index is -3.69. The first-order valence-electron chi connectivity index (χ1n) is 7.66. The molecule has 1 saturated heterocycles. The topological polar surface area (TPSA) is 66.5 Å². The first-order chi connectivity index (χ1) is 11.8. The molecule has 5 nitrogen and oxygen atoms in total. The fourth-order valence-electron chi connectivity index (χ4n) is 2.73. The van der Waals surface area contributed by atoms with E-state index in [0.29, 0.717) is 17.3 Å². The van der Waals surface area contributed by atoms with E-state index < -0.39 is 10.0 Å². The van der Waals surface area contributed by atoms with Gasteiger partial charge in [0.15, 0.2) is 0 Å². The van der Waals surface area contributed by atoms with Gasteiger partial charge in [0.25, 0.3) is 0 Å². The van der Waals surface area contributed by atoms with Crippen LogP contribution in [0.2, 0.25) is 5.02 Å². The van der Waals surface area contributed by atoms with Crippen molar-refractivity contribution in [2.45, 2.75) is 11.3 Å². The number of sulfonamides is 1. The summed E-state index contributed by atoms with van der Waals surface area (Å²) in [5.41, 5.74) is 0.603. The van der Waals surface area contributed by atoms with Gasteiger partial charge in [-0.1, -0.05) is 17.7 Å². The van der Waals surface area contributed by atoms with Crippen LogP contribution in [0.1, 0.15) is 6.42 Å². The van der Waals surface area contributed by atoms with Gasteiger partial charge in [0.1, 0.15) is 5.82 Å². The molecule has 3 rings (SSSR count). The molecule has 8 heteroatoms. The molecule has 132 valence electrons. The minimum absolute atomic E-state index is 0.0831. The lowest BCUT2D eigenvalue weighted by Gasteiger charge is -2.17. The van der Waals surface area contributed by atoms with Crippen LogP contribution in [0.4, 0.5) is 10.1 Å². The molecule has 25 heavy (non-hydrogen) atoms. The third-order valence-corrected chi connectivity index (χ3v) is 5.67. The molecule has 0 saturated carbocycles. The number of rotatable bonds is 5. The molecule has 1 aliphatic rings. The quantitative estimate of drug-likeness (QED) is 0.864. The number of carbonyl (C=O) groups is 1. The van der Waals surface area contributed by atoms with Crippen molar-refractivity contribution in [3.63, 3.8) is 0 Å². The predicted octanol–water partition coefficient (Wildman–Crippen LogP) is 2.81. The first-order valence-corrected chi connectivity index (χ1v) is 9.52. The number of nitrogens with zero attached hydrogens (tertiary/aromatic N) is 1. The largest absolute Gasteiger partial charge is 0.312 e. The standard InChI is InChI=1S/C17H16ClFN2O3S/c18-13-2-1-3-16(9-13)25(23,24)20-10-12-8-17(22)21(11-12)15-6-4-14(19)5-7-15/h1-7,9,12,20H,8,10-11H2/t12-/m1/s1. The summed E-state index contributed by atoms with van der Waals surface area (Å²) in [4.78, 5) is 13.8. The zero-order chi connectivity index (χ0) is 18.0. The van der Waals surface area contributed by atoms with Gasteiger partial charge in [-0.25, -0.2) is 17.5 Å². The molecule has 1 atom stereocenters. The molecule has 0 unspecified atom stereocenters. The highest BCUT2D eigenvalue weighted by molar-refractivity contribution is 7.89. The highest BCUT2D eigenvalue weighted by Crippen LogP contribution is 2.25. The second-order valence-corrected chi connectivity index (χ2v) is 8.06. The molecular formula is C17H16ClFN2O3S. The third kappa shape index (κ3) is 4.18. The molecule has 0 radical (unpaired) electrons. The van der Waals surface area contributed by atoms with Gasteiger partial charge >= 0.3 is 0 Å². The highest BCUT2D eigenvalue weighted by atomic mass is 35.5. The molecule has 1 aliphatic heterocycles. The van der Waals surface area contributed by atoms with Crippen LogP contribution in [0.25, 0.3) is 0 Å². The van der Waals surface area contributed by atoms with Crippen molar-refractivity contribution in [3.05, 3.63) is 59.4 Å². The number of benzene rings is 2. The number of nitrogens with one attached hydrogen (secondary N) is 1. The fourth-order valence-corrected chi connectivity index (χ4v) is 4.15. The number of hydrogen-bond acceptors (Lipinski definition) is 3. The van der Waals surface area contributed by atoms with E-state index in [4.69, 9.17) is 11.6 Å². The summed E-state index contributed by atoms with van der Waals surface area (Å²) in [5.74, 6) is -0.647. The van der Waals surface area contributed by atoms with Crippen molar-refractivity contribution in [1.82, 2.24) is 4.72 Å². The Bertz CT molecular complexity index is 887. The molecule has 1 fully saturated rings. The summed E-state index contributed by atoms with van der Waals surface area (Å²) in [6, 6.07) is 11.6. The van der Waals surface area contributed by atoms with Crippen molar-refractivity contribution in [2.75, 3.05) is 18.0 Å². The van der Waals surface area contributed by atoms with Crippen LogP contribution >= 0.6 is 11.6 Å². The summed E-state index contributed by atoms with van der Waals surface area (Å²) in [5, 5.41) is 0.335. The van der Waals surface area contributed by atoms with Crippen molar-refractivity contribution >= 4 is 33.2 Å². The van der Waals surface area contributed by atoms with Gasteiger partial charge in [-0.2, -0.15) is 0 Å². The number of amides is 1. The van der Waals surface area contributed by atoms with Crippen LogP contribution in [-0.2, 0) is 14.8 Å². The van der Waals surface area contributed by atoms with Gasteiger partial charge in [-0.15, -0.1) is 0 Å². The van der Waals surface area contributed by atoms with Crippen LogP contribution < -0.4 is 9.62 Å². The molecule has 1 amide bonds. The molecule has 1 heterocycles. The zero-order valence-electron chi connectivity index (χ0n) is 13.2. The SMILES string of the molecule is O=C1C[C@H](CNS(=O)(=O)c2cccc(Cl)c2)CN1c1ccc(F)cc1. The number of anilines is 1. The molecule has 2 aromatic carbocycles. The second kappa shape index (κ2) is 7.11. The van der Waals surface area contributed by atoms with E-state index in [-0.39, 0.29) is 35.5 Å². The maximum Gasteiger partial charge on any atom is 0.240 e. The Morgan fingerprint density at radius 3 is 2.60 bits per heavy atom. The number of halogens is 2. The second-order valence-electron chi connectivity index (χ2n) is 5.86. The Balaban J connectivity index is 1.65. The maximum absolute atomic E-state index is 13.0. The van der Waals surface area contributed by atoms with Crippen molar-refractivity contribution in [3.8, 4) is 0 Å². The average molecular weight is 383 g/mol. The van der Waals surface area contributed by atoms with E-state index >= 15 is 0 Å². The van der Waals surface area contributed by atoms with Crippen molar-refractivity contribution < 1.29 is 17.6 Å². The smallest absolute Gasteiger partial charge is 0.240 e. The van der Waals surface area contributed by atoms with Gasteiger partial charge in [0.05, 0.1) is 4.90 Å². The Kier molecular flexibility index (Phi) is 5.08. The predicted molar refractivity (Wildman–Crippen MR) is 93.5 cm³/mol. The Morgan fingerprint density at radius 2 is 1.92 bits per heavy atom. The summed E-state index contributed by atoms with van der Waals surface area (Å²) in [6.07, 6.45) is 0.232. The monoisotopic (exact) mass is 382 g/mol. The summed E-state index contributed by atoms with van der Waals surface area (Å²) >= 11 is 5.83. The van der Waals surface area contributed by atoms with Crippen LogP contribution in [0, 0.1) is 11.7 Å². The molecule has 2 aromatic rings. The first kappa shape index (κ1) is 17.8. The molecule has 0 spiro atoms. The Morgan fingerprint density at radius 1 is 1.20 bits per heavy atom. The minimum Gasteiger partial charge on any atom is -0.312 e. The maximum atomic E-state index is 13.0. The zero-order valence-corrected chi connectivity index (χ0v) is 14.7. The van der Waals surface area contributed by atoms with Crippen LogP contribution in [0.15, 0.2) is 53.4 Å². The lowest BCUT2D eigenvalue weighted by atomic mass is 10.1. The fraction of sp³-hybridized carbons (Fsp3) is 0.235. The van der Waals surface area contributed by atoms with Crippen LogP contribution in [-0.4, -0.2) is 27.4 Å². The molecular weight excluding hydrogens is 367 g/mol. The van der Waals surface area contributed by atoms with Gasteiger partial charge < -0.3 is 4.90 Å². The molecule has 1 N–H and O–H groups in total. The summed E-state index contributed by atoms with van der Waals surface area (Å²) < 4.78 is 40.1. The highest BCUT2D eigenvalue weighted by Gasteiger charge is 2.31. The van der Waals surface area contributed by atoms with E-state index in [2.05, 4.69) is 4.72 Å². The van der Waals surface area contributed by atoms with E-state index in [1.807, 2.05) is 0 Å². The van der Waals surface area contributed by atoms with Gasteiger partial charge in [0.2, 0.25) is 15.9 Å². The van der Waals surface area contributed by atoms with Gasteiger partial charge in [0, 0.05) is 30.2 Å². The number of carbonyl (C=O) groups excluding carboxylic acids is 1. The van der Waals surface area contributed by atoms with Crippen LogP contribution in [0.3, 0.4) is 0 Å². The van der Waals surface area contributed by atoms with Crippen LogP contribution in [0.5, 0.6) is 0 Å². The lowest BCUT2D eigenvalue weighted by molar-refractivity contribution is -0.117. The third-order valence-electron chi connectivity index (χ3n) is 4.01. The van der Waals surface area contributed by atoms with E-state index in [0.717, 1.165) is 0 Å². The van der Waals surface area contributed by atoms with Crippen molar-refractivity contribution in [1.29, 1.82) is 0 Å². The Hall–Kier alpha value is -1.96. The molecule has 0 bridgehead atoms.